The van der Waals surface area contributed by atoms with Gasteiger partial charge in [-0.05, 0) is 42.0 Å². The van der Waals surface area contributed by atoms with Crippen molar-refractivity contribution in [3.63, 3.8) is 0 Å². The van der Waals surface area contributed by atoms with Gasteiger partial charge in [-0.3, -0.25) is 4.79 Å². The van der Waals surface area contributed by atoms with Crippen molar-refractivity contribution in [2.45, 2.75) is 4.90 Å². The minimum atomic E-state index is -4.12. The summed E-state index contributed by atoms with van der Waals surface area (Å²) in [6, 6.07) is 19.6. The second kappa shape index (κ2) is 7.97. The van der Waals surface area contributed by atoms with E-state index in [0.717, 1.165) is 12.1 Å². The van der Waals surface area contributed by atoms with Crippen LogP contribution in [-0.4, -0.2) is 14.2 Å². The summed E-state index contributed by atoms with van der Waals surface area (Å²) in [6.07, 6.45) is 3.06. The molecular formula is C21H15FO4S. The van der Waals surface area contributed by atoms with Crippen LogP contribution in [0.3, 0.4) is 0 Å². The van der Waals surface area contributed by atoms with Gasteiger partial charge in [0, 0.05) is 5.56 Å². The summed E-state index contributed by atoms with van der Waals surface area (Å²) in [5.74, 6) is -0.710. The number of hydrogen-bond acceptors (Lipinski definition) is 4. The topological polar surface area (TPSA) is 60.4 Å². The van der Waals surface area contributed by atoms with Crippen molar-refractivity contribution in [3.8, 4) is 5.75 Å². The Kier molecular flexibility index (Phi) is 5.47. The quantitative estimate of drug-likeness (QED) is 0.358. The van der Waals surface area contributed by atoms with Crippen LogP contribution in [0.15, 0.2) is 89.8 Å². The van der Waals surface area contributed by atoms with Crippen molar-refractivity contribution in [3.05, 3.63) is 102 Å². The van der Waals surface area contributed by atoms with E-state index in [9.17, 15) is 17.6 Å². The summed E-state index contributed by atoms with van der Waals surface area (Å²) >= 11 is 0. The molecule has 3 aromatic rings. The number of carbonyl (C=O) groups is 1. The second-order valence-corrected chi connectivity index (χ2v) is 7.17. The molecule has 0 unspecified atom stereocenters. The van der Waals surface area contributed by atoms with E-state index in [1.165, 1.54) is 30.3 Å². The van der Waals surface area contributed by atoms with E-state index in [1.54, 1.807) is 42.5 Å². The molecule has 0 aliphatic rings. The SMILES string of the molecule is O=C(/C=C/c1ccc(OS(=O)(=O)c2cccc(F)c2)cc1)c1ccccc1. The van der Waals surface area contributed by atoms with Crippen LogP contribution in [0.4, 0.5) is 4.39 Å². The van der Waals surface area contributed by atoms with Gasteiger partial charge < -0.3 is 4.18 Å². The Morgan fingerprint density at radius 1 is 0.889 bits per heavy atom. The fourth-order valence-electron chi connectivity index (χ4n) is 2.30. The fraction of sp³-hybridized carbons (Fsp3) is 0. The molecule has 136 valence electrons. The average molecular weight is 382 g/mol. The van der Waals surface area contributed by atoms with Gasteiger partial charge in [-0.2, -0.15) is 8.42 Å². The standard InChI is InChI=1S/C21H15FO4S/c22-18-7-4-8-20(15-18)27(24,25)26-19-12-9-16(10-13-19)11-14-21(23)17-5-2-1-3-6-17/h1-15H/b14-11+. The van der Waals surface area contributed by atoms with Crippen LogP contribution in [0.25, 0.3) is 6.08 Å². The molecule has 0 aliphatic heterocycles. The lowest BCUT2D eigenvalue weighted by molar-refractivity contribution is 0.104. The number of benzene rings is 3. The zero-order valence-electron chi connectivity index (χ0n) is 14.1. The first-order chi connectivity index (χ1) is 12.9. The van der Waals surface area contributed by atoms with Crippen molar-refractivity contribution < 1.29 is 21.8 Å². The summed E-state index contributed by atoms with van der Waals surface area (Å²) in [7, 11) is -4.12. The van der Waals surface area contributed by atoms with E-state index < -0.39 is 15.9 Å². The number of rotatable bonds is 6. The van der Waals surface area contributed by atoms with E-state index in [1.807, 2.05) is 6.07 Å². The summed E-state index contributed by atoms with van der Waals surface area (Å²) in [4.78, 5) is 11.8. The maximum atomic E-state index is 13.2. The van der Waals surface area contributed by atoms with Crippen LogP contribution in [0.1, 0.15) is 15.9 Å². The molecule has 3 rings (SSSR count). The molecular weight excluding hydrogens is 367 g/mol. The normalized spacial score (nSPS) is 11.4. The van der Waals surface area contributed by atoms with Crippen LogP contribution in [-0.2, 0) is 10.1 Å². The molecule has 0 aliphatic carbocycles. The van der Waals surface area contributed by atoms with Gasteiger partial charge in [0.05, 0.1) is 0 Å². The lowest BCUT2D eigenvalue weighted by Crippen LogP contribution is -2.09. The summed E-state index contributed by atoms with van der Waals surface area (Å²) in [5.41, 5.74) is 1.28. The fourth-order valence-corrected chi connectivity index (χ4v) is 3.27. The first-order valence-corrected chi connectivity index (χ1v) is 9.42. The Balaban J connectivity index is 1.70. The van der Waals surface area contributed by atoms with Crippen LogP contribution >= 0.6 is 0 Å². The maximum Gasteiger partial charge on any atom is 0.339 e. The average Bonchev–Trinajstić information content (AvgIpc) is 2.67. The summed E-state index contributed by atoms with van der Waals surface area (Å²) < 4.78 is 42.5. The highest BCUT2D eigenvalue weighted by Crippen LogP contribution is 2.20. The molecule has 0 fully saturated rings. The van der Waals surface area contributed by atoms with Gasteiger partial charge in [0.25, 0.3) is 0 Å². The van der Waals surface area contributed by atoms with Crippen molar-refractivity contribution in [1.29, 1.82) is 0 Å². The Hall–Kier alpha value is -3.25. The number of ketones is 1. The Morgan fingerprint density at radius 2 is 1.59 bits per heavy atom. The van der Waals surface area contributed by atoms with Crippen molar-refractivity contribution >= 4 is 22.0 Å². The highest BCUT2D eigenvalue weighted by molar-refractivity contribution is 7.87. The number of carbonyl (C=O) groups excluding carboxylic acids is 1. The Morgan fingerprint density at radius 3 is 2.26 bits per heavy atom. The molecule has 6 heteroatoms. The van der Waals surface area contributed by atoms with Gasteiger partial charge in [0.15, 0.2) is 5.78 Å². The molecule has 0 radical (unpaired) electrons. The molecule has 0 bridgehead atoms. The van der Waals surface area contributed by atoms with Crippen LogP contribution in [0.5, 0.6) is 5.75 Å². The molecule has 4 nitrogen and oxygen atoms in total. The number of allylic oxidation sites excluding steroid dienone is 1. The third-order valence-corrected chi connectivity index (χ3v) is 4.90. The highest BCUT2D eigenvalue weighted by Gasteiger charge is 2.17. The Bertz CT molecular complexity index is 1070. The smallest absolute Gasteiger partial charge is 0.339 e. The van der Waals surface area contributed by atoms with Gasteiger partial charge in [0.2, 0.25) is 0 Å². The predicted octanol–water partition coefficient (Wildman–Crippen LogP) is 4.49. The third-order valence-electron chi connectivity index (χ3n) is 3.66. The molecule has 0 atom stereocenters. The largest absolute Gasteiger partial charge is 0.379 e. The van der Waals surface area contributed by atoms with Crippen LogP contribution in [0.2, 0.25) is 0 Å². The van der Waals surface area contributed by atoms with Gasteiger partial charge >= 0.3 is 10.1 Å². The van der Waals surface area contributed by atoms with Crippen molar-refractivity contribution in [2.75, 3.05) is 0 Å². The molecule has 0 heterocycles. The van der Waals surface area contributed by atoms with E-state index >= 15 is 0 Å². The van der Waals surface area contributed by atoms with Gasteiger partial charge in [0.1, 0.15) is 16.5 Å². The molecule has 27 heavy (non-hydrogen) atoms. The zero-order valence-corrected chi connectivity index (χ0v) is 14.9. The van der Waals surface area contributed by atoms with Crippen molar-refractivity contribution in [2.24, 2.45) is 0 Å². The third kappa shape index (κ3) is 4.89. The summed E-state index contributed by atoms with van der Waals surface area (Å²) in [5, 5.41) is 0. The lowest BCUT2D eigenvalue weighted by Gasteiger charge is -2.07. The number of halogens is 1. The summed E-state index contributed by atoms with van der Waals surface area (Å²) in [6.45, 7) is 0. The predicted molar refractivity (Wildman–Crippen MR) is 100 cm³/mol. The molecule has 0 N–H and O–H groups in total. The minimum Gasteiger partial charge on any atom is -0.379 e. The van der Waals surface area contributed by atoms with Crippen LogP contribution < -0.4 is 4.18 Å². The zero-order chi connectivity index (χ0) is 19.3. The molecule has 0 amide bonds. The Labute approximate surface area is 156 Å². The number of hydrogen-bond donors (Lipinski definition) is 0. The monoisotopic (exact) mass is 382 g/mol. The van der Waals surface area contributed by atoms with Gasteiger partial charge in [-0.25, -0.2) is 4.39 Å². The van der Waals surface area contributed by atoms with Gasteiger partial charge in [-0.1, -0.05) is 54.6 Å². The van der Waals surface area contributed by atoms with Gasteiger partial charge in [-0.15, -0.1) is 0 Å². The maximum absolute atomic E-state index is 13.2. The highest BCUT2D eigenvalue weighted by atomic mass is 32.2. The first kappa shape index (κ1) is 18.5. The molecule has 3 aromatic carbocycles. The lowest BCUT2D eigenvalue weighted by atomic mass is 10.1. The molecule has 0 spiro atoms. The second-order valence-electron chi connectivity index (χ2n) is 5.63. The van der Waals surface area contributed by atoms with Crippen molar-refractivity contribution in [1.82, 2.24) is 0 Å². The van der Waals surface area contributed by atoms with E-state index in [-0.39, 0.29) is 16.4 Å². The molecule has 0 saturated heterocycles. The van der Waals surface area contributed by atoms with E-state index in [0.29, 0.717) is 11.1 Å². The first-order valence-electron chi connectivity index (χ1n) is 8.02. The van der Waals surface area contributed by atoms with E-state index in [4.69, 9.17) is 4.18 Å². The van der Waals surface area contributed by atoms with E-state index in [2.05, 4.69) is 0 Å². The van der Waals surface area contributed by atoms with Crippen LogP contribution in [0, 0.1) is 5.82 Å². The molecule has 0 saturated carbocycles. The minimum absolute atomic E-state index is 0.0887. The molecule has 0 aromatic heterocycles.